The van der Waals surface area contributed by atoms with Gasteiger partial charge in [-0.05, 0) is 12.1 Å². The minimum Gasteiger partial charge on any atom is -0.467 e. The summed E-state index contributed by atoms with van der Waals surface area (Å²) in [5, 5.41) is 0.961. The molecule has 1 atom stereocenters. The van der Waals surface area contributed by atoms with Gasteiger partial charge < -0.3 is 9.47 Å². The number of carbonyl (C=O) groups is 1. The first-order chi connectivity index (χ1) is 9.10. The molecule has 0 aromatic carbocycles. The average Bonchev–Trinajstić information content (AvgIpc) is 2.42. The van der Waals surface area contributed by atoms with Crippen LogP contribution in [0.15, 0.2) is 12.1 Å². The smallest absolute Gasteiger partial charge is 0.336 e. The third-order valence-electron chi connectivity index (χ3n) is 2.87. The lowest BCUT2D eigenvalue weighted by Crippen LogP contribution is -2.46. The largest absolute Gasteiger partial charge is 0.467 e. The average molecular weight is 305 g/mol. The van der Waals surface area contributed by atoms with E-state index in [1.54, 1.807) is 12.1 Å². The van der Waals surface area contributed by atoms with Crippen LogP contribution in [-0.2, 0) is 20.8 Å². The fraction of sp³-hybridized carbons (Fsp3) is 0.500. The SMILES string of the molecule is COC(=O)C1CN(Cc2nc(Cl)ccc2Cl)CCO1. The van der Waals surface area contributed by atoms with Gasteiger partial charge in [-0.15, -0.1) is 0 Å². The molecule has 2 heterocycles. The Morgan fingerprint density at radius 2 is 2.37 bits per heavy atom. The van der Waals surface area contributed by atoms with Crippen LogP contribution in [0.3, 0.4) is 0 Å². The van der Waals surface area contributed by atoms with Gasteiger partial charge in [0.25, 0.3) is 0 Å². The fourth-order valence-corrected chi connectivity index (χ4v) is 2.23. The van der Waals surface area contributed by atoms with Crippen molar-refractivity contribution in [1.82, 2.24) is 9.88 Å². The van der Waals surface area contributed by atoms with Crippen molar-refractivity contribution in [3.63, 3.8) is 0 Å². The van der Waals surface area contributed by atoms with E-state index < -0.39 is 6.10 Å². The van der Waals surface area contributed by atoms with Gasteiger partial charge in [0.15, 0.2) is 6.10 Å². The first-order valence-electron chi connectivity index (χ1n) is 5.83. The van der Waals surface area contributed by atoms with Crippen molar-refractivity contribution in [2.24, 2.45) is 0 Å². The molecule has 1 aromatic rings. The zero-order valence-corrected chi connectivity index (χ0v) is 11.9. The predicted molar refractivity (Wildman–Crippen MR) is 71.3 cm³/mol. The molecule has 2 rings (SSSR count). The monoisotopic (exact) mass is 304 g/mol. The van der Waals surface area contributed by atoms with Crippen LogP contribution in [-0.4, -0.2) is 48.8 Å². The minimum absolute atomic E-state index is 0.366. The van der Waals surface area contributed by atoms with Gasteiger partial charge in [0.05, 0.1) is 24.4 Å². The van der Waals surface area contributed by atoms with Crippen LogP contribution in [0, 0.1) is 0 Å². The molecular weight excluding hydrogens is 291 g/mol. The Labute approximate surface area is 121 Å². The Bertz CT molecular complexity index is 470. The highest BCUT2D eigenvalue weighted by Gasteiger charge is 2.27. The highest BCUT2D eigenvalue weighted by Crippen LogP contribution is 2.19. The summed E-state index contributed by atoms with van der Waals surface area (Å²) in [6.45, 7) is 2.16. The van der Waals surface area contributed by atoms with E-state index in [2.05, 4.69) is 9.72 Å². The number of nitrogens with zero attached hydrogens (tertiary/aromatic N) is 2. The van der Waals surface area contributed by atoms with E-state index >= 15 is 0 Å². The lowest BCUT2D eigenvalue weighted by atomic mass is 10.2. The summed E-state index contributed by atoms with van der Waals surface area (Å²) in [6, 6.07) is 3.36. The molecule has 1 aromatic heterocycles. The van der Waals surface area contributed by atoms with E-state index in [9.17, 15) is 4.79 Å². The summed E-state index contributed by atoms with van der Waals surface area (Å²) in [4.78, 5) is 17.7. The van der Waals surface area contributed by atoms with Gasteiger partial charge in [-0.2, -0.15) is 0 Å². The van der Waals surface area contributed by atoms with Gasteiger partial charge in [0.1, 0.15) is 5.15 Å². The number of hydrogen-bond donors (Lipinski definition) is 0. The molecule has 1 aliphatic heterocycles. The molecule has 0 spiro atoms. The topological polar surface area (TPSA) is 51.7 Å². The fourth-order valence-electron chi connectivity index (χ4n) is 1.90. The summed E-state index contributed by atoms with van der Waals surface area (Å²) >= 11 is 11.9. The summed E-state index contributed by atoms with van der Waals surface area (Å²) in [5.41, 5.74) is 0.694. The van der Waals surface area contributed by atoms with Crippen molar-refractivity contribution in [3.05, 3.63) is 28.0 Å². The van der Waals surface area contributed by atoms with Crippen molar-refractivity contribution >= 4 is 29.2 Å². The summed E-state index contributed by atoms with van der Waals surface area (Å²) in [6.07, 6.45) is -0.559. The molecule has 0 bridgehead atoms. The Balaban J connectivity index is 2.02. The lowest BCUT2D eigenvalue weighted by Gasteiger charge is -2.31. The van der Waals surface area contributed by atoms with Crippen LogP contribution >= 0.6 is 23.2 Å². The summed E-state index contributed by atoms with van der Waals surface area (Å²) < 4.78 is 10.0. The van der Waals surface area contributed by atoms with Gasteiger partial charge in [0.2, 0.25) is 0 Å². The molecular formula is C12H14Cl2N2O3. The van der Waals surface area contributed by atoms with E-state index in [1.165, 1.54) is 7.11 Å². The van der Waals surface area contributed by atoms with Gasteiger partial charge in [-0.25, -0.2) is 9.78 Å². The van der Waals surface area contributed by atoms with Crippen LogP contribution in [0.2, 0.25) is 10.2 Å². The van der Waals surface area contributed by atoms with Crippen LogP contribution in [0.5, 0.6) is 0 Å². The van der Waals surface area contributed by atoms with Gasteiger partial charge in [-0.3, -0.25) is 4.90 Å². The highest BCUT2D eigenvalue weighted by molar-refractivity contribution is 6.32. The number of halogens is 2. The number of methoxy groups -OCH3 is 1. The summed E-state index contributed by atoms with van der Waals surface area (Å²) in [5.74, 6) is -0.366. The molecule has 1 saturated heterocycles. The molecule has 0 radical (unpaired) electrons. The maximum Gasteiger partial charge on any atom is 0.336 e. The number of aromatic nitrogens is 1. The van der Waals surface area contributed by atoms with E-state index in [0.29, 0.717) is 42.1 Å². The number of ether oxygens (including phenoxy) is 2. The van der Waals surface area contributed by atoms with Gasteiger partial charge >= 0.3 is 5.97 Å². The van der Waals surface area contributed by atoms with Crippen molar-refractivity contribution in [2.45, 2.75) is 12.6 Å². The van der Waals surface area contributed by atoms with Crippen molar-refractivity contribution in [3.8, 4) is 0 Å². The molecule has 0 aliphatic carbocycles. The molecule has 1 fully saturated rings. The molecule has 0 saturated carbocycles. The van der Waals surface area contributed by atoms with E-state index in [1.807, 2.05) is 4.90 Å². The second-order valence-corrected chi connectivity index (χ2v) is 4.97. The molecule has 1 unspecified atom stereocenters. The van der Waals surface area contributed by atoms with Crippen molar-refractivity contribution in [2.75, 3.05) is 26.8 Å². The third kappa shape index (κ3) is 3.79. The highest BCUT2D eigenvalue weighted by atomic mass is 35.5. The predicted octanol–water partition coefficient (Wildman–Crippen LogP) is 1.76. The van der Waals surface area contributed by atoms with Crippen molar-refractivity contribution in [1.29, 1.82) is 0 Å². The van der Waals surface area contributed by atoms with Crippen LogP contribution in [0.1, 0.15) is 5.69 Å². The Hall–Kier alpha value is -0.880. The molecule has 104 valence electrons. The Kier molecular flexibility index (Phi) is 4.99. The van der Waals surface area contributed by atoms with Crippen LogP contribution in [0.4, 0.5) is 0 Å². The number of rotatable bonds is 3. The number of esters is 1. The van der Waals surface area contributed by atoms with E-state index in [-0.39, 0.29) is 5.97 Å². The molecule has 0 N–H and O–H groups in total. The zero-order valence-electron chi connectivity index (χ0n) is 10.4. The van der Waals surface area contributed by atoms with Gasteiger partial charge in [-0.1, -0.05) is 23.2 Å². The number of morpholine rings is 1. The second kappa shape index (κ2) is 6.52. The van der Waals surface area contributed by atoms with E-state index in [0.717, 1.165) is 0 Å². The number of pyridine rings is 1. The normalized spacial score (nSPS) is 20.3. The van der Waals surface area contributed by atoms with Crippen LogP contribution < -0.4 is 0 Å². The standard InChI is InChI=1S/C12H14Cl2N2O3/c1-18-12(17)10-7-16(4-5-19-10)6-9-8(13)2-3-11(14)15-9/h2-3,10H,4-7H2,1H3. The minimum atomic E-state index is -0.559. The first kappa shape index (κ1) is 14.5. The van der Waals surface area contributed by atoms with Gasteiger partial charge in [0, 0.05) is 19.6 Å². The number of hydrogen-bond acceptors (Lipinski definition) is 5. The maximum absolute atomic E-state index is 11.4. The molecule has 7 heteroatoms. The molecule has 1 aliphatic rings. The maximum atomic E-state index is 11.4. The van der Waals surface area contributed by atoms with Crippen molar-refractivity contribution < 1.29 is 14.3 Å². The Morgan fingerprint density at radius 1 is 1.58 bits per heavy atom. The second-order valence-electron chi connectivity index (χ2n) is 4.18. The number of carbonyl (C=O) groups excluding carboxylic acids is 1. The molecule has 0 amide bonds. The third-order valence-corrected chi connectivity index (χ3v) is 3.43. The van der Waals surface area contributed by atoms with E-state index in [4.69, 9.17) is 27.9 Å². The first-order valence-corrected chi connectivity index (χ1v) is 6.58. The zero-order chi connectivity index (χ0) is 13.8. The molecule has 19 heavy (non-hydrogen) atoms. The lowest BCUT2D eigenvalue weighted by molar-refractivity contribution is -0.160. The summed E-state index contributed by atoms with van der Waals surface area (Å²) in [7, 11) is 1.35. The molecule has 5 nitrogen and oxygen atoms in total. The quantitative estimate of drug-likeness (QED) is 0.629. The van der Waals surface area contributed by atoms with Crippen LogP contribution in [0.25, 0.3) is 0 Å². The Morgan fingerprint density at radius 3 is 3.11 bits per heavy atom.